The zero-order valence-corrected chi connectivity index (χ0v) is 26.4. The molecule has 1 saturated carbocycles. The van der Waals surface area contributed by atoms with Crippen molar-refractivity contribution < 1.29 is 14.8 Å². The van der Waals surface area contributed by atoms with Crippen molar-refractivity contribution in [3.63, 3.8) is 0 Å². The minimum atomic E-state index is -0.511. The van der Waals surface area contributed by atoms with Crippen molar-refractivity contribution in [3.05, 3.63) is 122 Å². The number of carbonyl (C=O) groups is 1. The monoisotopic (exact) mass is 655 g/mol. The smallest absolute Gasteiger partial charge is 0.344 e. The van der Waals surface area contributed by atoms with E-state index in [9.17, 15) is 10.2 Å². The number of nitrogens with two attached hydrogens (primary N) is 1. The molecule has 10 heteroatoms. The Morgan fingerprint density at radius 3 is 2.33 bits per heavy atom. The van der Waals surface area contributed by atoms with Gasteiger partial charge in [0.15, 0.2) is 0 Å². The predicted octanol–water partition coefficient (Wildman–Crippen LogP) is 7.51. The Bertz CT molecular complexity index is 1600. The number of nitrogens with one attached hydrogen (secondary N) is 2. The van der Waals surface area contributed by atoms with Crippen LogP contribution in [0.15, 0.2) is 95.3 Å². The van der Waals surface area contributed by atoms with Crippen LogP contribution in [0.5, 0.6) is 5.88 Å². The number of hydrogen-bond donors (Lipinski definition) is 3. The lowest BCUT2D eigenvalue weighted by Gasteiger charge is -2.22. The number of nitrogens with zero attached hydrogens (tertiary/aromatic N) is 1. The Kier molecular flexibility index (Phi) is 10.4. The highest BCUT2D eigenvalue weighted by Gasteiger charge is 2.35. The van der Waals surface area contributed by atoms with Gasteiger partial charge >= 0.3 is 5.97 Å². The van der Waals surface area contributed by atoms with Crippen LogP contribution >= 0.6 is 46.4 Å². The summed E-state index contributed by atoms with van der Waals surface area (Å²) in [6.45, 7) is 2.45. The van der Waals surface area contributed by atoms with Gasteiger partial charge in [-0.15, -0.1) is 11.6 Å². The Labute approximate surface area is 271 Å². The summed E-state index contributed by atoms with van der Waals surface area (Å²) in [6, 6.07) is 17.5. The fraction of sp³-hybridized carbons (Fsp3) is 0.242. The number of hydrogen-bond acceptors (Lipinski definition) is 5. The highest BCUT2D eigenvalue weighted by Crippen LogP contribution is 2.35. The Balaban J connectivity index is 1.34. The van der Waals surface area contributed by atoms with Gasteiger partial charge in [-0.1, -0.05) is 34.8 Å². The molecule has 0 aliphatic heterocycles. The van der Waals surface area contributed by atoms with E-state index >= 15 is 0 Å². The number of quaternary nitrogens is 1. The number of pyridine rings is 1. The summed E-state index contributed by atoms with van der Waals surface area (Å²) in [7, 11) is 0. The van der Waals surface area contributed by atoms with Crippen molar-refractivity contribution in [1.82, 2.24) is 10.3 Å². The summed E-state index contributed by atoms with van der Waals surface area (Å²) in [5.41, 5.74) is 5.36. The van der Waals surface area contributed by atoms with Gasteiger partial charge in [0.1, 0.15) is 11.4 Å². The van der Waals surface area contributed by atoms with Crippen molar-refractivity contribution in [2.45, 2.75) is 44.1 Å². The fourth-order valence-corrected chi connectivity index (χ4v) is 5.69. The lowest BCUT2D eigenvalue weighted by Crippen LogP contribution is -2.79. The molecule has 0 saturated heterocycles. The standard InChI is InChI=1S/C33H30Cl4N4O2/c1-19(31(21-4-8-24(34)9-5-21)41-28-13-12-26(36)17-27(28)37)30(38)32(22-2-3-22)40-18-20-14-15-39-29(16-20)43-33(42)23-6-10-25(35)11-7-23/h4-11,13-17,22,26,32,38,40-41H,2-3,12,18H2,1H3/p+1/b31-19-,38-30?. The van der Waals surface area contributed by atoms with Crippen LogP contribution in [0, 0.1) is 11.3 Å². The van der Waals surface area contributed by atoms with E-state index in [1.165, 1.54) is 0 Å². The van der Waals surface area contributed by atoms with Crippen molar-refractivity contribution >= 4 is 63.8 Å². The van der Waals surface area contributed by atoms with Crippen LogP contribution in [0.1, 0.15) is 47.7 Å². The molecule has 2 unspecified atom stereocenters. The second-order valence-electron chi connectivity index (χ2n) is 10.6. The van der Waals surface area contributed by atoms with Crippen molar-refractivity contribution in [1.29, 1.82) is 5.41 Å². The van der Waals surface area contributed by atoms with Gasteiger partial charge < -0.3 is 15.5 Å². The molecule has 0 bridgehead atoms. The van der Waals surface area contributed by atoms with Crippen LogP contribution < -0.4 is 15.4 Å². The summed E-state index contributed by atoms with van der Waals surface area (Å²) in [4.78, 5) is 16.8. The maximum Gasteiger partial charge on any atom is 0.344 e. The molecule has 0 radical (unpaired) electrons. The zero-order chi connectivity index (χ0) is 30.5. The molecular formula is C33H31Cl4N4O2+. The maximum atomic E-state index is 12.6. The van der Waals surface area contributed by atoms with Gasteiger partial charge in [0.05, 0.1) is 27.7 Å². The first-order chi connectivity index (χ1) is 20.7. The van der Waals surface area contributed by atoms with E-state index in [0.29, 0.717) is 45.2 Å². The van der Waals surface area contributed by atoms with Crippen molar-refractivity contribution in [2.24, 2.45) is 5.92 Å². The molecule has 2 aromatic carbocycles. The largest absolute Gasteiger partial charge is 0.404 e. The van der Waals surface area contributed by atoms with E-state index in [1.807, 2.05) is 54.7 Å². The van der Waals surface area contributed by atoms with E-state index in [0.717, 1.165) is 40.9 Å². The van der Waals surface area contributed by atoms with E-state index in [1.54, 1.807) is 36.5 Å². The molecule has 2 atom stereocenters. The van der Waals surface area contributed by atoms with Crippen LogP contribution in [0.4, 0.5) is 0 Å². The van der Waals surface area contributed by atoms with E-state index in [-0.39, 0.29) is 17.3 Å². The highest BCUT2D eigenvalue weighted by atomic mass is 35.5. The number of halogens is 4. The molecule has 3 aromatic rings. The molecule has 1 aromatic heterocycles. The van der Waals surface area contributed by atoms with E-state index < -0.39 is 5.97 Å². The first kappa shape index (κ1) is 31.5. The van der Waals surface area contributed by atoms with Gasteiger partial charge in [-0.2, -0.15) is 0 Å². The first-order valence-corrected chi connectivity index (χ1v) is 15.5. The number of rotatable bonds is 11. The van der Waals surface area contributed by atoms with Crippen LogP contribution in [0.25, 0.3) is 5.70 Å². The van der Waals surface area contributed by atoms with Gasteiger partial charge in [0.2, 0.25) is 5.88 Å². The number of ether oxygens (including phenoxy) is 1. The third kappa shape index (κ3) is 8.36. The first-order valence-electron chi connectivity index (χ1n) is 14.0. The highest BCUT2D eigenvalue weighted by molar-refractivity contribution is 6.33. The number of allylic oxidation sites excluding steroid dienone is 3. The lowest BCUT2D eigenvalue weighted by atomic mass is 9.95. The van der Waals surface area contributed by atoms with Crippen molar-refractivity contribution in [2.75, 3.05) is 0 Å². The van der Waals surface area contributed by atoms with E-state index in [4.69, 9.17) is 51.1 Å². The van der Waals surface area contributed by atoms with Gasteiger partial charge in [-0.25, -0.2) is 9.78 Å². The number of esters is 1. The number of aromatic nitrogens is 1. The maximum absolute atomic E-state index is 12.6. The third-order valence-corrected chi connectivity index (χ3v) is 8.59. The molecule has 2 aliphatic carbocycles. The molecule has 0 spiro atoms. The lowest BCUT2D eigenvalue weighted by molar-refractivity contribution is -0.504. The number of benzene rings is 2. The third-order valence-electron chi connectivity index (χ3n) is 7.44. The molecule has 2 aliphatic rings. The van der Waals surface area contributed by atoms with Crippen LogP contribution in [-0.2, 0) is 6.54 Å². The molecule has 0 amide bonds. The van der Waals surface area contributed by atoms with Crippen LogP contribution in [-0.4, -0.2) is 28.1 Å². The van der Waals surface area contributed by atoms with Gasteiger partial charge in [0, 0.05) is 40.0 Å². The Morgan fingerprint density at radius 1 is 1.05 bits per heavy atom. The topological polar surface area (TPSA) is 91.7 Å². The van der Waals surface area contributed by atoms with Gasteiger partial charge in [-0.05, 0) is 104 Å². The summed E-state index contributed by atoms with van der Waals surface area (Å²) in [5.74, 6) is 0.0495. The minimum Gasteiger partial charge on any atom is -0.404 e. The van der Waals surface area contributed by atoms with Crippen molar-refractivity contribution in [3.8, 4) is 5.88 Å². The SMILES string of the molecule is C/C(C(=N)C(NCc1ccnc(OC(=O)c2ccc(Cl)cc2)c1)C1CC1)=C(/[NH2+]C1=CCC(Cl)C=C1Cl)c1ccc(Cl)cc1. The minimum absolute atomic E-state index is 0.134. The molecule has 4 N–H and O–H groups in total. The molecule has 43 heavy (non-hydrogen) atoms. The summed E-state index contributed by atoms with van der Waals surface area (Å²) < 4.78 is 5.50. The average molecular weight is 657 g/mol. The number of alkyl halides is 1. The van der Waals surface area contributed by atoms with Crippen LogP contribution in [0.2, 0.25) is 10.0 Å². The number of carbonyl (C=O) groups excluding carboxylic acids is 1. The van der Waals surface area contributed by atoms with E-state index in [2.05, 4.69) is 10.3 Å². The average Bonchev–Trinajstić information content (AvgIpc) is 3.83. The molecular weight excluding hydrogens is 626 g/mol. The molecule has 222 valence electrons. The van der Waals surface area contributed by atoms with Crippen LogP contribution in [0.3, 0.4) is 0 Å². The second-order valence-corrected chi connectivity index (χ2v) is 12.5. The van der Waals surface area contributed by atoms with Gasteiger partial charge in [-0.3, -0.25) is 5.32 Å². The second kappa shape index (κ2) is 14.2. The quantitative estimate of drug-likeness (QED) is 0.113. The fourth-order valence-electron chi connectivity index (χ4n) is 4.88. The molecule has 1 heterocycles. The Morgan fingerprint density at radius 2 is 1.70 bits per heavy atom. The Hall–Kier alpha value is -2.97. The molecule has 1 fully saturated rings. The van der Waals surface area contributed by atoms with Gasteiger partial charge in [0.25, 0.3) is 0 Å². The summed E-state index contributed by atoms with van der Waals surface area (Å²) >= 11 is 25.0. The summed E-state index contributed by atoms with van der Waals surface area (Å²) in [5, 5.41) is 16.6. The molecule has 6 nitrogen and oxygen atoms in total. The normalized spacial score (nSPS) is 17.8. The zero-order valence-electron chi connectivity index (χ0n) is 23.4. The predicted molar refractivity (Wildman–Crippen MR) is 174 cm³/mol. The summed E-state index contributed by atoms with van der Waals surface area (Å²) in [6.07, 6.45) is 8.26. The molecule has 5 rings (SSSR count).